The van der Waals surface area contributed by atoms with Gasteiger partial charge in [-0.05, 0) is 55.3 Å². The van der Waals surface area contributed by atoms with E-state index < -0.39 is 5.82 Å². The molecule has 0 radical (unpaired) electrons. The Morgan fingerprint density at radius 2 is 2.03 bits per heavy atom. The second-order valence-electron chi connectivity index (χ2n) is 7.19. The van der Waals surface area contributed by atoms with Gasteiger partial charge in [-0.15, -0.1) is 0 Å². The Bertz CT molecular complexity index is 1020. The van der Waals surface area contributed by atoms with Crippen LogP contribution in [0.1, 0.15) is 37.1 Å². The van der Waals surface area contributed by atoms with E-state index in [9.17, 15) is 9.18 Å². The summed E-state index contributed by atoms with van der Waals surface area (Å²) < 4.78 is 25.3. The van der Waals surface area contributed by atoms with E-state index in [2.05, 4.69) is 17.1 Å². The van der Waals surface area contributed by atoms with Crippen molar-refractivity contribution in [2.45, 2.75) is 32.6 Å². The van der Waals surface area contributed by atoms with E-state index in [0.29, 0.717) is 24.9 Å². The summed E-state index contributed by atoms with van der Waals surface area (Å²) in [5, 5.41) is 4.04. The van der Waals surface area contributed by atoms with Crippen molar-refractivity contribution in [3.05, 3.63) is 59.7 Å². The van der Waals surface area contributed by atoms with Crippen LogP contribution >= 0.6 is 0 Å². The van der Waals surface area contributed by atoms with Crippen LogP contribution in [0.15, 0.2) is 47.0 Å². The molecule has 0 spiro atoms. The minimum Gasteiger partial charge on any atom is -0.494 e. The van der Waals surface area contributed by atoms with Crippen LogP contribution in [-0.2, 0) is 4.79 Å². The number of rotatable bonds is 6. The molecule has 1 aliphatic rings. The van der Waals surface area contributed by atoms with Gasteiger partial charge < -0.3 is 14.2 Å². The van der Waals surface area contributed by atoms with Crippen molar-refractivity contribution in [1.29, 1.82) is 0 Å². The summed E-state index contributed by atoms with van der Waals surface area (Å²) in [5.41, 5.74) is 1.89. The van der Waals surface area contributed by atoms with Crippen LogP contribution in [0.25, 0.3) is 11.4 Å². The van der Waals surface area contributed by atoms with Crippen LogP contribution in [0.4, 0.5) is 10.1 Å². The normalized spacial score (nSPS) is 16.4. The van der Waals surface area contributed by atoms with E-state index in [1.165, 1.54) is 11.0 Å². The summed E-state index contributed by atoms with van der Waals surface area (Å²) in [6.07, 6.45) is 1.15. The summed E-state index contributed by atoms with van der Waals surface area (Å²) in [7, 11) is 0. The molecule has 2 heterocycles. The highest BCUT2D eigenvalue weighted by Crippen LogP contribution is 2.33. The fourth-order valence-corrected chi connectivity index (χ4v) is 3.38. The van der Waals surface area contributed by atoms with Gasteiger partial charge in [0.2, 0.25) is 17.6 Å². The number of nitrogens with zero attached hydrogens (tertiary/aromatic N) is 3. The van der Waals surface area contributed by atoms with Gasteiger partial charge in [0, 0.05) is 18.5 Å². The van der Waals surface area contributed by atoms with Gasteiger partial charge in [0.1, 0.15) is 11.6 Å². The van der Waals surface area contributed by atoms with Crippen LogP contribution < -0.4 is 9.64 Å². The van der Waals surface area contributed by atoms with Crippen molar-refractivity contribution in [3.8, 4) is 17.1 Å². The first-order valence-electron chi connectivity index (χ1n) is 9.68. The number of amides is 1. The predicted octanol–water partition coefficient (Wildman–Crippen LogP) is 4.49. The fraction of sp³-hybridized carbons (Fsp3) is 0.318. The van der Waals surface area contributed by atoms with Gasteiger partial charge in [-0.2, -0.15) is 4.98 Å². The molecular formula is C22H22FN3O3. The van der Waals surface area contributed by atoms with E-state index >= 15 is 0 Å². The molecule has 4 rings (SSSR count). The molecule has 7 heteroatoms. The molecular weight excluding hydrogens is 373 g/mol. The Morgan fingerprint density at radius 3 is 2.76 bits per heavy atom. The fourth-order valence-electron chi connectivity index (χ4n) is 3.38. The van der Waals surface area contributed by atoms with Crippen LogP contribution in [0, 0.1) is 12.7 Å². The number of ether oxygens (including phenoxy) is 1. The molecule has 1 aliphatic heterocycles. The summed E-state index contributed by atoms with van der Waals surface area (Å²) in [4.78, 5) is 18.4. The van der Waals surface area contributed by atoms with E-state index in [1.54, 1.807) is 12.1 Å². The van der Waals surface area contributed by atoms with Crippen molar-refractivity contribution in [1.82, 2.24) is 10.1 Å². The van der Waals surface area contributed by atoms with Crippen LogP contribution in [0.3, 0.4) is 0 Å². The first-order chi connectivity index (χ1) is 14.0. The smallest absolute Gasteiger partial charge is 0.232 e. The topological polar surface area (TPSA) is 68.5 Å². The largest absolute Gasteiger partial charge is 0.494 e. The zero-order valence-corrected chi connectivity index (χ0v) is 16.4. The molecule has 1 atom stereocenters. The number of benzene rings is 2. The zero-order chi connectivity index (χ0) is 20.4. The number of aromatic nitrogens is 2. The third-order valence-electron chi connectivity index (χ3n) is 4.90. The van der Waals surface area contributed by atoms with Gasteiger partial charge in [-0.1, -0.05) is 18.1 Å². The number of halogens is 1. The molecule has 1 amide bonds. The highest BCUT2D eigenvalue weighted by molar-refractivity contribution is 5.96. The monoisotopic (exact) mass is 395 g/mol. The molecule has 6 nitrogen and oxygen atoms in total. The molecule has 1 unspecified atom stereocenters. The maximum absolute atomic E-state index is 14.3. The van der Waals surface area contributed by atoms with Gasteiger partial charge in [-0.3, -0.25) is 4.79 Å². The Kier molecular flexibility index (Phi) is 5.29. The van der Waals surface area contributed by atoms with Gasteiger partial charge in [-0.25, -0.2) is 4.39 Å². The van der Waals surface area contributed by atoms with Crippen LogP contribution in [-0.4, -0.2) is 29.2 Å². The molecule has 29 heavy (non-hydrogen) atoms. The Hall–Kier alpha value is -3.22. The summed E-state index contributed by atoms with van der Waals surface area (Å²) in [6, 6.07) is 12.3. The zero-order valence-electron chi connectivity index (χ0n) is 16.4. The molecule has 3 aromatic rings. The second kappa shape index (κ2) is 8.03. The van der Waals surface area contributed by atoms with E-state index in [4.69, 9.17) is 9.26 Å². The number of aryl methyl sites for hydroxylation is 1. The summed E-state index contributed by atoms with van der Waals surface area (Å²) in [6.45, 7) is 4.84. The van der Waals surface area contributed by atoms with Gasteiger partial charge in [0.25, 0.3) is 0 Å². The molecule has 2 aromatic carbocycles. The molecule has 1 saturated heterocycles. The minimum atomic E-state index is -0.407. The SMILES string of the molecule is CCCOc1ccc(-c2noc(C3CC(=O)N(c4ccc(C)cc4F)C3)n2)cc1. The maximum Gasteiger partial charge on any atom is 0.232 e. The highest BCUT2D eigenvalue weighted by atomic mass is 19.1. The Morgan fingerprint density at radius 1 is 1.24 bits per heavy atom. The van der Waals surface area contributed by atoms with E-state index in [1.807, 2.05) is 31.2 Å². The van der Waals surface area contributed by atoms with Crippen LogP contribution in [0.2, 0.25) is 0 Å². The van der Waals surface area contributed by atoms with Crippen molar-refractivity contribution in [2.75, 3.05) is 18.1 Å². The van der Waals surface area contributed by atoms with Gasteiger partial charge in [0.15, 0.2) is 0 Å². The number of carbonyl (C=O) groups is 1. The lowest BCUT2D eigenvalue weighted by Crippen LogP contribution is -2.25. The standard InChI is InChI=1S/C22H22FN3O3/c1-3-10-28-17-7-5-15(6-8-17)21-24-22(29-25-21)16-12-20(27)26(13-16)19-9-4-14(2)11-18(19)23/h4-9,11,16H,3,10,12-13H2,1-2H3. The third kappa shape index (κ3) is 3.99. The van der Waals surface area contributed by atoms with Crippen molar-refractivity contribution >= 4 is 11.6 Å². The number of anilines is 1. The van der Waals surface area contributed by atoms with Gasteiger partial charge >= 0.3 is 0 Å². The van der Waals surface area contributed by atoms with E-state index in [0.717, 1.165) is 23.3 Å². The molecule has 1 aromatic heterocycles. The maximum atomic E-state index is 14.3. The molecule has 0 saturated carbocycles. The summed E-state index contributed by atoms with van der Waals surface area (Å²) in [5.74, 6) is 0.794. The Balaban J connectivity index is 1.49. The second-order valence-corrected chi connectivity index (χ2v) is 7.19. The summed E-state index contributed by atoms with van der Waals surface area (Å²) >= 11 is 0. The van der Waals surface area contributed by atoms with Crippen molar-refractivity contribution in [3.63, 3.8) is 0 Å². The van der Waals surface area contributed by atoms with Crippen molar-refractivity contribution in [2.24, 2.45) is 0 Å². The first-order valence-corrected chi connectivity index (χ1v) is 9.68. The first kappa shape index (κ1) is 19.1. The lowest BCUT2D eigenvalue weighted by molar-refractivity contribution is -0.117. The number of hydrogen-bond acceptors (Lipinski definition) is 5. The molecule has 1 fully saturated rings. The Labute approximate surface area is 168 Å². The van der Waals surface area contributed by atoms with E-state index in [-0.39, 0.29) is 23.9 Å². The van der Waals surface area contributed by atoms with Gasteiger partial charge in [0.05, 0.1) is 18.2 Å². The highest BCUT2D eigenvalue weighted by Gasteiger charge is 2.36. The molecule has 0 N–H and O–H groups in total. The predicted molar refractivity (Wildman–Crippen MR) is 106 cm³/mol. The number of carbonyl (C=O) groups excluding carboxylic acids is 1. The van der Waals surface area contributed by atoms with Crippen molar-refractivity contribution < 1.29 is 18.4 Å². The number of hydrogen-bond donors (Lipinski definition) is 0. The minimum absolute atomic E-state index is 0.157. The average molecular weight is 395 g/mol. The van der Waals surface area contributed by atoms with Crippen LogP contribution in [0.5, 0.6) is 5.75 Å². The lowest BCUT2D eigenvalue weighted by atomic mass is 10.1. The lowest BCUT2D eigenvalue weighted by Gasteiger charge is -2.17. The third-order valence-corrected chi connectivity index (χ3v) is 4.90. The molecule has 0 aliphatic carbocycles. The average Bonchev–Trinajstić information content (AvgIpc) is 3.34. The molecule has 150 valence electrons. The molecule has 0 bridgehead atoms. The quantitative estimate of drug-likeness (QED) is 0.615.